The van der Waals surface area contributed by atoms with E-state index in [2.05, 4.69) is 10.6 Å². The average molecular weight is 528 g/mol. The summed E-state index contributed by atoms with van der Waals surface area (Å²) in [5.41, 5.74) is 5.25. The highest BCUT2D eigenvalue weighted by atomic mass is 16.5. The van der Waals surface area contributed by atoms with Gasteiger partial charge in [-0.3, -0.25) is 24.7 Å². The van der Waals surface area contributed by atoms with Crippen molar-refractivity contribution in [2.24, 2.45) is 5.73 Å². The van der Waals surface area contributed by atoms with Gasteiger partial charge in [-0.15, -0.1) is 0 Å². The van der Waals surface area contributed by atoms with Crippen molar-refractivity contribution in [3.8, 4) is 17.2 Å². The van der Waals surface area contributed by atoms with Crippen LogP contribution < -0.4 is 30.6 Å². The van der Waals surface area contributed by atoms with Gasteiger partial charge >= 0.3 is 12.0 Å². The number of nitrogens with one attached hydrogen (secondary N) is 3. The summed E-state index contributed by atoms with van der Waals surface area (Å²) in [6, 6.07) is 7.40. The van der Waals surface area contributed by atoms with E-state index in [9.17, 15) is 24.3 Å². The van der Waals surface area contributed by atoms with Crippen molar-refractivity contribution in [2.45, 2.75) is 24.9 Å². The number of benzene rings is 2. The molecule has 0 spiro atoms. The summed E-state index contributed by atoms with van der Waals surface area (Å²) >= 11 is 0. The second kappa shape index (κ2) is 11.1. The molecular formula is C25H29N5O8. The van der Waals surface area contributed by atoms with Crippen LogP contribution in [0.15, 0.2) is 36.4 Å². The van der Waals surface area contributed by atoms with E-state index in [4.69, 9.17) is 25.4 Å². The smallest absolute Gasteiger partial charge is 0.325 e. The largest absolute Gasteiger partial charge is 0.493 e. The van der Waals surface area contributed by atoms with Crippen LogP contribution in [0.4, 0.5) is 4.79 Å². The van der Waals surface area contributed by atoms with Gasteiger partial charge in [-0.25, -0.2) is 4.79 Å². The SMILES string of the molecule is COc1cc([C@H](CC(=O)O)NC(=O)CN2C(=O)N[C@@](C)(c3ccc(C(=N)N)cc3)C2=O)cc(OC)c1OC. The highest BCUT2D eigenvalue weighted by Gasteiger charge is 2.49. The fourth-order valence-electron chi connectivity index (χ4n) is 4.13. The van der Waals surface area contributed by atoms with E-state index in [1.54, 1.807) is 24.3 Å². The number of carbonyl (C=O) groups is 4. The summed E-state index contributed by atoms with van der Waals surface area (Å²) in [6.45, 7) is 0.851. The molecule has 0 bridgehead atoms. The van der Waals surface area contributed by atoms with Crippen LogP contribution in [0.25, 0.3) is 0 Å². The van der Waals surface area contributed by atoms with Gasteiger partial charge in [0.25, 0.3) is 5.91 Å². The molecule has 202 valence electrons. The van der Waals surface area contributed by atoms with Gasteiger partial charge in [-0.2, -0.15) is 0 Å². The Balaban J connectivity index is 1.83. The number of carboxylic acid groups (broad SMARTS) is 1. The van der Waals surface area contributed by atoms with E-state index in [0.29, 0.717) is 16.7 Å². The summed E-state index contributed by atoms with van der Waals surface area (Å²) in [5.74, 6) is -1.97. The summed E-state index contributed by atoms with van der Waals surface area (Å²) in [4.78, 5) is 51.2. The number of methoxy groups -OCH3 is 3. The normalized spacial score (nSPS) is 17.4. The number of carboxylic acids is 1. The monoisotopic (exact) mass is 527 g/mol. The number of hydrogen-bond donors (Lipinski definition) is 5. The van der Waals surface area contributed by atoms with Crippen LogP contribution in [-0.4, -0.2) is 67.5 Å². The molecule has 4 amide bonds. The van der Waals surface area contributed by atoms with Crippen LogP contribution in [-0.2, 0) is 19.9 Å². The Morgan fingerprint density at radius 2 is 1.68 bits per heavy atom. The van der Waals surface area contributed by atoms with Gasteiger partial charge in [0, 0.05) is 5.56 Å². The maximum absolute atomic E-state index is 13.2. The third-order valence-corrected chi connectivity index (χ3v) is 6.15. The number of rotatable bonds is 11. The second-order valence-corrected chi connectivity index (χ2v) is 8.61. The number of urea groups is 1. The Labute approximate surface area is 218 Å². The maximum atomic E-state index is 13.2. The van der Waals surface area contributed by atoms with Crippen LogP contribution in [0.2, 0.25) is 0 Å². The Hall–Kier alpha value is -4.81. The van der Waals surface area contributed by atoms with Crippen molar-refractivity contribution in [3.63, 3.8) is 0 Å². The van der Waals surface area contributed by atoms with Gasteiger partial charge in [-0.1, -0.05) is 24.3 Å². The van der Waals surface area contributed by atoms with E-state index in [1.165, 1.54) is 40.4 Å². The molecule has 2 aromatic carbocycles. The number of amides is 4. The molecule has 1 aliphatic heterocycles. The molecule has 0 radical (unpaired) electrons. The molecule has 13 heteroatoms. The minimum absolute atomic E-state index is 0.148. The summed E-state index contributed by atoms with van der Waals surface area (Å²) in [7, 11) is 4.21. The lowest BCUT2D eigenvalue weighted by Crippen LogP contribution is -2.44. The van der Waals surface area contributed by atoms with Crippen LogP contribution in [0.1, 0.15) is 36.1 Å². The van der Waals surface area contributed by atoms with Gasteiger partial charge in [0.1, 0.15) is 17.9 Å². The number of aliphatic carboxylic acids is 1. The minimum atomic E-state index is -1.45. The lowest BCUT2D eigenvalue weighted by molar-refractivity contribution is -0.138. The second-order valence-electron chi connectivity index (χ2n) is 8.61. The highest BCUT2D eigenvalue weighted by Crippen LogP contribution is 2.40. The van der Waals surface area contributed by atoms with E-state index >= 15 is 0 Å². The first-order chi connectivity index (χ1) is 17.9. The lowest BCUT2D eigenvalue weighted by atomic mass is 9.91. The number of imide groups is 1. The first-order valence-electron chi connectivity index (χ1n) is 11.3. The number of amidine groups is 1. The molecule has 1 fully saturated rings. The van der Waals surface area contributed by atoms with Crippen molar-refractivity contribution < 1.29 is 38.5 Å². The number of ether oxygens (including phenoxy) is 3. The van der Waals surface area contributed by atoms with Crippen LogP contribution in [0, 0.1) is 5.41 Å². The van der Waals surface area contributed by atoms with Gasteiger partial charge in [0.2, 0.25) is 11.7 Å². The molecule has 0 aromatic heterocycles. The third-order valence-electron chi connectivity index (χ3n) is 6.15. The van der Waals surface area contributed by atoms with E-state index < -0.39 is 48.4 Å². The predicted octanol–water partition coefficient (Wildman–Crippen LogP) is 1.10. The molecule has 1 saturated heterocycles. The third kappa shape index (κ3) is 5.45. The first-order valence-corrected chi connectivity index (χ1v) is 11.3. The Morgan fingerprint density at radius 3 is 2.16 bits per heavy atom. The number of hydrogen-bond acceptors (Lipinski definition) is 8. The molecule has 13 nitrogen and oxygen atoms in total. The zero-order valence-electron chi connectivity index (χ0n) is 21.3. The van der Waals surface area contributed by atoms with Gasteiger partial charge in [0.05, 0.1) is 33.8 Å². The van der Waals surface area contributed by atoms with Crippen molar-refractivity contribution in [3.05, 3.63) is 53.1 Å². The average Bonchev–Trinajstić information content (AvgIpc) is 3.10. The van der Waals surface area contributed by atoms with Crippen LogP contribution >= 0.6 is 0 Å². The molecule has 1 heterocycles. The van der Waals surface area contributed by atoms with E-state index in [1.807, 2.05) is 0 Å². The Bertz CT molecular complexity index is 1250. The van der Waals surface area contributed by atoms with Gasteiger partial charge in [0.15, 0.2) is 11.5 Å². The topological polar surface area (TPSA) is 193 Å². The molecule has 0 unspecified atom stereocenters. The number of nitrogens with zero attached hydrogens (tertiary/aromatic N) is 1. The zero-order valence-corrected chi connectivity index (χ0v) is 21.3. The summed E-state index contributed by atoms with van der Waals surface area (Å²) in [6.07, 6.45) is -0.495. The van der Waals surface area contributed by atoms with Crippen molar-refractivity contribution in [2.75, 3.05) is 27.9 Å². The molecule has 1 aliphatic rings. The highest BCUT2D eigenvalue weighted by molar-refractivity contribution is 6.09. The molecular weight excluding hydrogens is 498 g/mol. The molecule has 0 aliphatic carbocycles. The number of nitrogens with two attached hydrogens (primary N) is 1. The van der Waals surface area contributed by atoms with Gasteiger partial charge in [-0.05, 0) is 30.2 Å². The summed E-state index contributed by atoms with van der Waals surface area (Å²) < 4.78 is 15.9. The summed E-state index contributed by atoms with van der Waals surface area (Å²) in [5, 5.41) is 22.1. The van der Waals surface area contributed by atoms with Crippen molar-refractivity contribution >= 4 is 29.7 Å². The fraction of sp³-hybridized carbons (Fsp3) is 0.320. The van der Waals surface area contributed by atoms with Crippen LogP contribution in [0.5, 0.6) is 17.2 Å². The molecule has 2 atom stereocenters. The van der Waals surface area contributed by atoms with E-state index in [-0.39, 0.29) is 23.1 Å². The number of nitrogen functional groups attached to an aromatic ring is 1. The molecule has 2 aromatic rings. The van der Waals surface area contributed by atoms with Crippen LogP contribution in [0.3, 0.4) is 0 Å². The zero-order chi connectivity index (χ0) is 28.2. The van der Waals surface area contributed by atoms with Crippen molar-refractivity contribution in [1.82, 2.24) is 15.5 Å². The molecule has 0 saturated carbocycles. The predicted molar refractivity (Wildman–Crippen MR) is 134 cm³/mol. The van der Waals surface area contributed by atoms with Gasteiger partial charge < -0.3 is 35.7 Å². The lowest BCUT2D eigenvalue weighted by Gasteiger charge is -2.23. The fourth-order valence-corrected chi connectivity index (χ4v) is 4.13. The number of carbonyl (C=O) groups excluding carboxylic acids is 3. The molecule has 38 heavy (non-hydrogen) atoms. The first kappa shape index (κ1) is 27.8. The van der Waals surface area contributed by atoms with Crippen molar-refractivity contribution in [1.29, 1.82) is 5.41 Å². The molecule has 6 N–H and O–H groups in total. The Kier molecular flexibility index (Phi) is 8.09. The quantitative estimate of drug-likeness (QED) is 0.162. The standard InChI is InChI=1S/C25H29N5O8/c1-25(15-7-5-13(6-8-15)22(26)27)23(34)30(24(35)29-25)12-19(31)28-16(11-20(32)33)14-9-17(36-2)21(38-4)18(10-14)37-3/h5-10,16H,11-12H2,1-4H3,(H3,26,27)(H,28,31)(H,29,35)(H,32,33)/t16-,25-/m0/s1. The van der Waals surface area contributed by atoms with E-state index in [0.717, 1.165) is 4.90 Å². The minimum Gasteiger partial charge on any atom is -0.493 e. The maximum Gasteiger partial charge on any atom is 0.325 e. The Morgan fingerprint density at radius 1 is 1.11 bits per heavy atom. The molecule has 3 rings (SSSR count).